The van der Waals surface area contributed by atoms with E-state index < -0.39 is 5.41 Å². The highest BCUT2D eigenvalue weighted by Crippen LogP contribution is 2.37. The summed E-state index contributed by atoms with van der Waals surface area (Å²) >= 11 is 0. The second kappa shape index (κ2) is 7.18. The largest absolute Gasteiger partial charge is 0.507 e. The van der Waals surface area contributed by atoms with E-state index >= 15 is 0 Å². The number of benzene rings is 2. The van der Waals surface area contributed by atoms with Crippen molar-refractivity contribution in [3.8, 4) is 11.5 Å². The van der Waals surface area contributed by atoms with Gasteiger partial charge in [0.2, 0.25) is 0 Å². The maximum Gasteiger partial charge on any atom is 0.185 e. The number of carbonyl (C=O) groups is 1. The smallest absolute Gasteiger partial charge is 0.185 e. The van der Waals surface area contributed by atoms with Crippen LogP contribution in [0.1, 0.15) is 35.3 Å². The van der Waals surface area contributed by atoms with Crippen molar-refractivity contribution in [3.63, 3.8) is 0 Å². The summed E-state index contributed by atoms with van der Waals surface area (Å²) in [4.78, 5) is 12.2. The van der Waals surface area contributed by atoms with Gasteiger partial charge in [-0.25, -0.2) is 0 Å². The number of phenols is 1. The third kappa shape index (κ3) is 3.74. The van der Waals surface area contributed by atoms with Crippen LogP contribution in [0, 0.1) is 0 Å². The molecule has 0 bridgehead atoms. The average molecular weight is 322 g/mol. The minimum absolute atomic E-state index is 0.0877. The summed E-state index contributed by atoms with van der Waals surface area (Å²) in [7, 11) is 1.53. The van der Waals surface area contributed by atoms with Crippen LogP contribution in [0.25, 0.3) is 6.08 Å². The van der Waals surface area contributed by atoms with Gasteiger partial charge in [0.05, 0.1) is 7.11 Å². The number of allylic oxidation sites excluding steroid dienone is 2. The number of methoxy groups -OCH3 is 1. The number of phenolic OH excluding ortho intramolecular Hbond substituents is 1. The zero-order valence-corrected chi connectivity index (χ0v) is 14.2. The lowest BCUT2D eigenvalue weighted by molar-refractivity contribution is 0.104. The van der Waals surface area contributed by atoms with Crippen LogP contribution >= 0.6 is 0 Å². The molecule has 24 heavy (non-hydrogen) atoms. The molecule has 0 aromatic heterocycles. The Morgan fingerprint density at radius 2 is 1.88 bits per heavy atom. The quantitative estimate of drug-likeness (QED) is 0.474. The van der Waals surface area contributed by atoms with Crippen molar-refractivity contribution < 1.29 is 14.6 Å². The van der Waals surface area contributed by atoms with Gasteiger partial charge in [0, 0.05) is 28.2 Å². The molecular weight excluding hydrogens is 300 g/mol. The van der Waals surface area contributed by atoms with E-state index in [9.17, 15) is 9.90 Å². The fourth-order valence-corrected chi connectivity index (χ4v) is 2.38. The molecule has 0 amide bonds. The summed E-state index contributed by atoms with van der Waals surface area (Å²) in [6, 6.07) is 12.4. The Kier molecular flexibility index (Phi) is 5.24. The van der Waals surface area contributed by atoms with Gasteiger partial charge in [-0.1, -0.05) is 50.3 Å². The molecule has 0 saturated carbocycles. The lowest BCUT2D eigenvalue weighted by Gasteiger charge is -2.23. The molecular formula is C21H22O3. The van der Waals surface area contributed by atoms with Crippen molar-refractivity contribution in [1.82, 2.24) is 0 Å². The Labute approximate surface area is 142 Å². The minimum Gasteiger partial charge on any atom is -0.507 e. The van der Waals surface area contributed by atoms with Crippen molar-refractivity contribution in [3.05, 3.63) is 77.9 Å². The molecule has 1 N–H and O–H groups in total. The molecule has 0 saturated heterocycles. The Hall–Kier alpha value is -2.81. The lowest BCUT2D eigenvalue weighted by atomic mass is 9.83. The average Bonchev–Trinajstić information content (AvgIpc) is 2.60. The summed E-state index contributed by atoms with van der Waals surface area (Å²) in [5, 5.41) is 10.3. The first-order valence-electron chi connectivity index (χ1n) is 7.71. The summed E-state index contributed by atoms with van der Waals surface area (Å²) in [5.41, 5.74) is 1.68. The van der Waals surface area contributed by atoms with Crippen molar-refractivity contribution in [2.24, 2.45) is 0 Å². The van der Waals surface area contributed by atoms with Crippen LogP contribution in [0.5, 0.6) is 11.5 Å². The molecule has 2 aromatic carbocycles. The predicted octanol–water partition coefficient (Wildman–Crippen LogP) is 4.76. The Balaban J connectivity index is 2.42. The van der Waals surface area contributed by atoms with Gasteiger partial charge < -0.3 is 9.84 Å². The monoisotopic (exact) mass is 322 g/mol. The molecule has 0 aliphatic heterocycles. The fourth-order valence-electron chi connectivity index (χ4n) is 2.38. The number of ketones is 1. The lowest BCUT2D eigenvalue weighted by Crippen LogP contribution is -2.13. The molecule has 0 fully saturated rings. The number of hydrogen-bond donors (Lipinski definition) is 1. The van der Waals surface area contributed by atoms with E-state index in [1.54, 1.807) is 30.4 Å². The highest BCUT2D eigenvalue weighted by molar-refractivity contribution is 6.06. The Morgan fingerprint density at radius 1 is 1.21 bits per heavy atom. The van der Waals surface area contributed by atoms with Gasteiger partial charge in [0.25, 0.3) is 0 Å². The summed E-state index contributed by atoms with van der Waals surface area (Å²) in [6.07, 6.45) is 4.99. The second-order valence-electron chi connectivity index (χ2n) is 6.10. The standard InChI is InChI=1S/C21H22O3/c1-5-21(2,3)17-13-16(20(24-4)14-19(17)23)11-12-18(22)15-9-7-6-8-10-15/h5-14,23H,1H2,2-4H3/b12-11+. The van der Waals surface area contributed by atoms with E-state index in [4.69, 9.17) is 4.74 Å². The van der Waals surface area contributed by atoms with Crippen LogP contribution in [0.3, 0.4) is 0 Å². The number of rotatable bonds is 6. The zero-order chi connectivity index (χ0) is 17.7. The highest BCUT2D eigenvalue weighted by atomic mass is 16.5. The molecule has 0 radical (unpaired) electrons. The van der Waals surface area contributed by atoms with Crippen LogP contribution < -0.4 is 4.74 Å². The van der Waals surface area contributed by atoms with Crippen molar-refractivity contribution >= 4 is 11.9 Å². The first-order valence-corrected chi connectivity index (χ1v) is 7.71. The van der Waals surface area contributed by atoms with Crippen LogP contribution in [-0.2, 0) is 5.41 Å². The molecule has 0 unspecified atom stereocenters. The number of hydrogen-bond acceptors (Lipinski definition) is 3. The van der Waals surface area contributed by atoms with Crippen LogP contribution in [0.4, 0.5) is 0 Å². The topological polar surface area (TPSA) is 46.5 Å². The van der Waals surface area contributed by atoms with Gasteiger partial charge in [-0.15, -0.1) is 6.58 Å². The Bertz CT molecular complexity index is 771. The molecule has 0 atom stereocenters. The van der Waals surface area contributed by atoms with E-state index in [-0.39, 0.29) is 11.5 Å². The van der Waals surface area contributed by atoms with E-state index in [1.807, 2.05) is 38.1 Å². The molecule has 0 heterocycles. The van der Waals surface area contributed by atoms with Crippen molar-refractivity contribution in [2.45, 2.75) is 19.3 Å². The van der Waals surface area contributed by atoms with Gasteiger partial charge in [-0.3, -0.25) is 4.79 Å². The normalized spacial score (nSPS) is 11.5. The summed E-state index contributed by atoms with van der Waals surface area (Å²) in [6.45, 7) is 7.75. The zero-order valence-electron chi connectivity index (χ0n) is 14.2. The molecule has 3 heteroatoms. The van der Waals surface area contributed by atoms with Gasteiger partial charge in [-0.2, -0.15) is 0 Å². The molecule has 0 aliphatic rings. The second-order valence-corrected chi connectivity index (χ2v) is 6.10. The number of carbonyl (C=O) groups excluding carboxylic acids is 1. The van der Waals surface area contributed by atoms with Crippen LogP contribution in [0.2, 0.25) is 0 Å². The molecule has 3 nitrogen and oxygen atoms in total. The van der Waals surface area contributed by atoms with Crippen molar-refractivity contribution in [1.29, 1.82) is 0 Å². The van der Waals surface area contributed by atoms with Gasteiger partial charge >= 0.3 is 0 Å². The molecule has 2 rings (SSSR count). The van der Waals surface area contributed by atoms with Gasteiger partial charge in [-0.05, 0) is 18.2 Å². The SMILES string of the molecule is C=CC(C)(C)c1cc(/C=C/C(=O)c2ccccc2)c(OC)cc1O. The fraction of sp³-hybridized carbons (Fsp3) is 0.190. The number of aromatic hydroxyl groups is 1. The van der Waals surface area contributed by atoms with Crippen LogP contribution in [-0.4, -0.2) is 18.0 Å². The first-order chi connectivity index (χ1) is 11.4. The molecule has 2 aromatic rings. The third-order valence-electron chi connectivity index (χ3n) is 4.03. The minimum atomic E-state index is -0.400. The van der Waals surface area contributed by atoms with E-state index in [0.29, 0.717) is 11.3 Å². The predicted molar refractivity (Wildman–Crippen MR) is 97.7 cm³/mol. The van der Waals surface area contributed by atoms with Crippen LogP contribution in [0.15, 0.2) is 61.2 Å². The maximum absolute atomic E-state index is 12.2. The summed E-state index contributed by atoms with van der Waals surface area (Å²) < 4.78 is 5.32. The van der Waals surface area contributed by atoms with E-state index in [1.165, 1.54) is 13.2 Å². The summed E-state index contributed by atoms with van der Waals surface area (Å²) in [5.74, 6) is 0.562. The molecule has 0 aliphatic carbocycles. The highest BCUT2D eigenvalue weighted by Gasteiger charge is 2.22. The molecule has 0 spiro atoms. The van der Waals surface area contributed by atoms with E-state index in [2.05, 4.69) is 6.58 Å². The molecule has 124 valence electrons. The van der Waals surface area contributed by atoms with Crippen molar-refractivity contribution in [2.75, 3.05) is 7.11 Å². The van der Waals surface area contributed by atoms with E-state index in [0.717, 1.165) is 11.1 Å². The van der Waals surface area contributed by atoms with Gasteiger partial charge in [0.1, 0.15) is 11.5 Å². The number of ether oxygens (including phenoxy) is 1. The first kappa shape index (κ1) is 17.5. The Morgan fingerprint density at radius 3 is 2.46 bits per heavy atom. The maximum atomic E-state index is 12.2. The van der Waals surface area contributed by atoms with Gasteiger partial charge in [0.15, 0.2) is 5.78 Å². The third-order valence-corrected chi connectivity index (χ3v) is 4.03.